The van der Waals surface area contributed by atoms with Gasteiger partial charge in [0, 0.05) is 24.1 Å². The summed E-state index contributed by atoms with van der Waals surface area (Å²) < 4.78 is 0. The number of piperidine rings is 1. The van der Waals surface area contributed by atoms with Crippen molar-refractivity contribution in [3.8, 4) is 0 Å². The fourth-order valence-electron chi connectivity index (χ4n) is 5.31. The molecule has 0 atom stereocenters. The van der Waals surface area contributed by atoms with Crippen molar-refractivity contribution in [1.82, 2.24) is 25.5 Å². The Kier molecular flexibility index (Phi) is 6.20. The minimum Gasteiger partial charge on any atom is -0.303 e. The third-order valence-corrected chi connectivity index (χ3v) is 7.29. The molecule has 1 N–H and O–H groups in total. The van der Waals surface area contributed by atoms with Crippen LogP contribution in [0.3, 0.4) is 0 Å². The lowest BCUT2D eigenvalue weighted by molar-refractivity contribution is 0.167. The van der Waals surface area contributed by atoms with E-state index in [1.165, 1.54) is 5.56 Å². The molecule has 1 fully saturated rings. The highest BCUT2D eigenvalue weighted by Crippen LogP contribution is 2.41. The van der Waals surface area contributed by atoms with Crippen LogP contribution in [-0.2, 0) is 11.0 Å². The molecule has 5 rings (SSSR count). The number of benzene rings is 3. The highest BCUT2D eigenvalue weighted by atomic mass is 15.5. The minimum atomic E-state index is -0.690. The quantitative estimate of drug-likeness (QED) is 0.411. The van der Waals surface area contributed by atoms with Crippen LogP contribution in [-0.4, -0.2) is 45.2 Å². The summed E-state index contributed by atoms with van der Waals surface area (Å²) in [5, 5.41) is 15.3. The lowest BCUT2D eigenvalue weighted by atomic mass is 9.72. The van der Waals surface area contributed by atoms with Gasteiger partial charge in [-0.15, -0.1) is 10.2 Å². The summed E-state index contributed by atoms with van der Waals surface area (Å²) in [5.74, 6) is 0.766. The fraction of sp³-hybridized carbons (Fsp3) is 0.286. The van der Waals surface area contributed by atoms with E-state index in [4.69, 9.17) is 6.57 Å². The molecule has 6 nitrogen and oxygen atoms in total. The maximum absolute atomic E-state index is 8.25. The van der Waals surface area contributed by atoms with Gasteiger partial charge in [-0.25, -0.2) is 6.57 Å². The average molecular weight is 449 g/mol. The Morgan fingerprint density at radius 1 is 0.853 bits per heavy atom. The van der Waals surface area contributed by atoms with Crippen LogP contribution in [0.25, 0.3) is 4.85 Å². The zero-order chi connectivity index (χ0) is 23.3. The van der Waals surface area contributed by atoms with Gasteiger partial charge in [-0.2, -0.15) is 5.21 Å². The Balaban J connectivity index is 1.37. The lowest BCUT2D eigenvalue weighted by Gasteiger charge is -2.40. The molecule has 1 aliphatic heterocycles. The summed E-state index contributed by atoms with van der Waals surface area (Å²) in [5.41, 5.74) is 2.42. The molecule has 1 aromatic heterocycles. The van der Waals surface area contributed by atoms with Crippen molar-refractivity contribution in [2.45, 2.75) is 30.2 Å². The van der Waals surface area contributed by atoms with Crippen molar-refractivity contribution in [3.05, 3.63) is 125 Å². The second-order valence-corrected chi connectivity index (χ2v) is 8.98. The molecule has 3 aromatic carbocycles. The van der Waals surface area contributed by atoms with Crippen molar-refractivity contribution in [1.29, 1.82) is 0 Å². The third-order valence-electron chi connectivity index (χ3n) is 7.29. The molecule has 0 radical (unpaired) electrons. The van der Waals surface area contributed by atoms with Crippen molar-refractivity contribution >= 4 is 0 Å². The number of hydrogen-bond donors (Lipinski definition) is 1. The SMILES string of the molecule is [C-]#[N+]C(CCN1CCC(c2ccccc2)(c2nn[nH]n2)CC1)(c1ccccc1)c1ccccc1. The van der Waals surface area contributed by atoms with Gasteiger partial charge in [-0.05, 0) is 31.5 Å². The van der Waals surface area contributed by atoms with Gasteiger partial charge in [-0.3, -0.25) is 4.85 Å². The van der Waals surface area contributed by atoms with Crippen molar-refractivity contribution in [2.75, 3.05) is 19.6 Å². The standard InChI is InChI=1S/C28H28N6/c1-29-28(24-13-7-3-8-14-24,25-15-9-4-10-16-25)19-22-34-20-17-27(18-21-34,26-30-32-33-31-26)23-11-5-2-6-12-23/h2-16H,17-22H2,(H,30,31,32,33). The van der Waals surface area contributed by atoms with Crippen LogP contribution in [0, 0.1) is 6.57 Å². The highest BCUT2D eigenvalue weighted by Gasteiger charge is 2.44. The molecule has 0 saturated carbocycles. The van der Waals surface area contributed by atoms with Crippen molar-refractivity contribution in [2.24, 2.45) is 0 Å². The molecule has 0 bridgehead atoms. The number of aromatic nitrogens is 4. The van der Waals surface area contributed by atoms with Crippen LogP contribution in [0.2, 0.25) is 0 Å². The third kappa shape index (κ3) is 4.00. The predicted octanol–water partition coefficient (Wildman–Crippen LogP) is 4.83. The molecule has 1 aliphatic rings. The molecule has 0 unspecified atom stereocenters. The molecular weight excluding hydrogens is 420 g/mol. The minimum absolute atomic E-state index is 0.236. The maximum Gasteiger partial charge on any atom is 0.283 e. The maximum atomic E-state index is 8.25. The second kappa shape index (κ2) is 9.58. The van der Waals surface area contributed by atoms with Gasteiger partial charge in [0.05, 0.1) is 5.41 Å². The molecule has 0 aliphatic carbocycles. The van der Waals surface area contributed by atoms with Gasteiger partial charge in [0.2, 0.25) is 0 Å². The average Bonchev–Trinajstić information content (AvgIpc) is 3.47. The number of rotatable bonds is 7. The molecule has 34 heavy (non-hydrogen) atoms. The molecule has 0 amide bonds. The zero-order valence-corrected chi connectivity index (χ0v) is 19.1. The van der Waals surface area contributed by atoms with Crippen LogP contribution < -0.4 is 0 Å². The lowest BCUT2D eigenvalue weighted by Crippen LogP contribution is -2.45. The summed E-state index contributed by atoms with van der Waals surface area (Å²) in [6, 6.07) is 31.0. The van der Waals surface area contributed by atoms with E-state index in [0.29, 0.717) is 0 Å². The van der Waals surface area contributed by atoms with Crippen LogP contribution >= 0.6 is 0 Å². The Bertz CT molecular complexity index is 1170. The summed E-state index contributed by atoms with van der Waals surface area (Å²) in [7, 11) is 0. The van der Waals surface area contributed by atoms with E-state index in [2.05, 4.69) is 78.9 Å². The summed E-state index contributed by atoms with van der Waals surface area (Å²) in [4.78, 5) is 6.73. The molecule has 2 heterocycles. The summed E-state index contributed by atoms with van der Waals surface area (Å²) in [6.07, 6.45) is 2.57. The number of hydrogen-bond acceptors (Lipinski definition) is 4. The van der Waals surface area contributed by atoms with E-state index < -0.39 is 5.54 Å². The molecule has 1 saturated heterocycles. The van der Waals surface area contributed by atoms with E-state index in [0.717, 1.165) is 55.8 Å². The van der Waals surface area contributed by atoms with Crippen LogP contribution in [0.1, 0.15) is 41.8 Å². The zero-order valence-electron chi connectivity index (χ0n) is 19.1. The van der Waals surface area contributed by atoms with Crippen LogP contribution in [0.15, 0.2) is 91.0 Å². The molecule has 170 valence electrons. The van der Waals surface area contributed by atoms with Gasteiger partial charge < -0.3 is 4.90 Å². The number of nitrogens with one attached hydrogen (secondary N) is 1. The van der Waals surface area contributed by atoms with E-state index in [1.807, 2.05) is 42.5 Å². The second-order valence-electron chi connectivity index (χ2n) is 8.98. The normalized spacial score (nSPS) is 16.1. The van der Waals surface area contributed by atoms with Crippen LogP contribution in [0.4, 0.5) is 0 Å². The molecule has 0 spiro atoms. The van der Waals surface area contributed by atoms with E-state index in [1.54, 1.807) is 0 Å². The Hall–Kier alpha value is -3.82. The predicted molar refractivity (Wildman–Crippen MR) is 132 cm³/mol. The van der Waals surface area contributed by atoms with Crippen LogP contribution in [0.5, 0.6) is 0 Å². The number of H-pyrrole nitrogens is 1. The van der Waals surface area contributed by atoms with Crippen molar-refractivity contribution in [3.63, 3.8) is 0 Å². The first kappa shape index (κ1) is 22.0. The number of aromatic amines is 1. The molecule has 4 aromatic rings. The number of nitrogens with zero attached hydrogens (tertiary/aromatic N) is 5. The first-order valence-electron chi connectivity index (χ1n) is 11.8. The van der Waals surface area contributed by atoms with Gasteiger partial charge in [0.15, 0.2) is 5.82 Å². The fourth-order valence-corrected chi connectivity index (χ4v) is 5.31. The smallest absolute Gasteiger partial charge is 0.283 e. The first-order chi connectivity index (χ1) is 16.8. The summed E-state index contributed by atoms with van der Waals surface area (Å²) >= 11 is 0. The topological polar surface area (TPSA) is 62.1 Å². The molecular formula is C28H28N6. The highest BCUT2D eigenvalue weighted by molar-refractivity contribution is 5.42. The van der Waals surface area contributed by atoms with E-state index in [-0.39, 0.29) is 5.41 Å². The van der Waals surface area contributed by atoms with E-state index in [9.17, 15) is 0 Å². The number of tetrazole rings is 1. The first-order valence-corrected chi connectivity index (χ1v) is 11.8. The molecule has 6 heteroatoms. The largest absolute Gasteiger partial charge is 0.303 e. The monoisotopic (exact) mass is 448 g/mol. The Morgan fingerprint density at radius 2 is 1.41 bits per heavy atom. The van der Waals surface area contributed by atoms with Gasteiger partial charge in [0.1, 0.15) is 0 Å². The number of likely N-dealkylation sites (tertiary alicyclic amines) is 1. The Morgan fingerprint density at radius 3 is 1.91 bits per heavy atom. The Labute approximate surface area is 200 Å². The summed E-state index contributed by atoms with van der Waals surface area (Å²) in [6.45, 7) is 10.9. The van der Waals surface area contributed by atoms with E-state index >= 15 is 0 Å². The van der Waals surface area contributed by atoms with Gasteiger partial charge in [0.25, 0.3) is 5.54 Å². The van der Waals surface area contributed by atoms with Gasteiger partial charge >= 0.3 is 0 Å². The van der Waals surface area contributed by atoms with Gasteiger partial charge in [-0.1, -0.05) is 96.2 Å². The van der Waals surface area contributed by atoms with Crippen molar-refractivity contribution < 1.29 is 0 Å².